The predicted molar refractivity (Wildman–Crippen MR) is 109 cm³/mol. The maximum absolute atomic E-state index is 13.6. The SMILES string of the molecule is CCc1ccc(C2CC(=O)C3=C(C2)NC(=O)CC3c2ccc(F)c(Br)c2)cc1. The van der Waals surface area contributed by atoms with Crippen LogP contribution >= 0.6 is 15.9 Å². The zero-order chi connectivity index (χ0) is 19.8. The van der Waals surface area contributed by atoms with Crippen molar-refractivity contribution in [1.29, 1.82) is 0 Å². The number of ketones is 1. The second-order valence-electron chi connectivity index (χ2n) is 7.49. The van der Waals surface area contributed by atoms with Crippen LogP contribution in [0.2, 0.25) is 0 Å². The van der Waals surface area contributed by atoms with Crippen LogP contribution in [0.3, 0.4) is 0 Å². The fourth-order valence-electron chi connectivity index (χ4n) is 4.24. The minimum Gasteiger partial charge on any atom is -0.329 e. The molecule has 0 radical (unpaired) electrons. The fraction of sp³-hybridized carbons (Fsp3) is 0.304. The average molecular weight is 442 g/mol. The molecule has 1 aliphatic carbocycles. The number of amides is 1. The lowest BCUT2D eigenvalue weighted by Crippen LogP contribution is -2.38. The van der Waals surface area contributed by atoms with E-state index in [1.807, 2.05) is 0 Å². The molecule has 2 atom stereocenters. The molecule has 2 unspecified atom stereocenters. The lowest BCUT2D eigenvalue weighted by molar-refractivity contribution is -0.122. The van der Waals surface area contributed by atoms with Crippen LogP contribution in [0, 0.1) is 5.82 Å². The first kappa shape index (κ1) is 19.1. The number of Topliss-reactive ketones (excluding diaryl/α,β-unsaturated/α-hetero) is 1. The Morgan fingerprint density at radius 3 is 2.43 bits per heavy atom. The summed E-state index contributed by atoms with van der Waals surface area (Å²) in [4.78, 5) is 25.4. The van der Waals surface area contributed by atoms with Gasteiger partial charge in [-0.15, -0.1) is 0 Å². The summed E-state index contributed by atoms with van der Waals surface area (Å²) in [6.07, 6.45) is 2.25. The minimum atomic E-state index is -0.358. The van der Waals surface area contributed by atoms with Crippen molar-refractivity contribution in [3.8, 4) is 0 Å². The molecule has 3 nitrogen and oxygen atoms in total. The molecule has 2 aromatic rings. The number of halogens is 2. The lowest BCUT2D eigenvalue weighted by atomic mass is 9.73. The summed E-state index contributed by atoms with van der Waals surface area (Å²) in [5.41, 5.74) is 4.58. The largest absolute Gasteiger partial charge is 0.329 e. The van der Waals surface area contributed by atoms with E-state index in [0.717, 1.165) is 23.2 Å². The number of allylic oxidation sites excluding steroid dienone is 2. The summed E-state index contributed by atoms with van der Waals surface area (Å²) in [7, 11) is 0. The number of hydrogen-bond donors (Lipinski definition) is 1. The number of rotatable bonds is 3. The molecule has 0 saturated carbocycles. The van der Waals surface area contributed by atoms with Crippen LogP contribution in [0.4, 0.5) is 4.39 Å². The molecule has 1 N–H and O–H groups in total. The molecule has 28 heavy (non-hydrogen) atoms. The summed E-state index contributed by atoms with van der Waals surface area (Å²) in [6.45, 7) is 2.11. The van der Waals surface area contributed by atoms with Gasteiger partial charge in [-0.1, -0.05) is 37.3 Å². The van der Waals surface area contributed by atoms with Gasteiger partial charge in [-0.2, -0.15) is 0 Å². The first-order valence-corrected chi connectivity index (χ1v) is 10.4. The van der Waals surface area contributed by atoms with E-state index in [0.29, 0.717) is 22.9 Å². The van der Waals surface area contributed by atoms with Gasteiger partial charge >= 0.3 is 0 Å². The maximum atomic E-state index is 13.6. The highest BCUT2D eigenvalue weighted by molar-refractivity contribution is 9.10. The standard InChI is InChI=1S/C23H21BrFNO2/c1-2-13-3-5-14(6-4-13)16-10-20-23(21(27)11-16)17(12-22(28)26-20)15-7-8-19(25)18(24)9-15/h3-9,16-17H,2,10-12H2,1H3,(H,26,28). The zero-order valence-electron chi connectivity index (χ0n) is 15.6. The Bertz CT molecular complexity index is 981. The third kappa shape index (κ3) is 3.55. The Labute approximate surface area is 172 Å². The number of benzene rings is 2. The highest BCUT2D eigenvalue weighted by Gasteiger charge is 2.38. The van der Waals surface area contributed by atoms with E-state index in [-0.39, 0.29) is 35.8 Å². The van der Waals surface area contributed by atoms with Crippen molar-refractivity contribution in [2.24, 2.45) is 0 Å². The molecule has 0 aromatic heterocycles. The quantitative estimate of drug-likeness (QED) is 0.715. The van der Waals surface area contributed by atoms with Gasteiger partial charge in [0.2, 0.25) is 5.91 Å². The molecule has 144 valence electrons. The Balaban J connectivity index is 1.69. The number of hydrogen-bond acceptors (Lipinski definition) is 2. The highest BCUT2D eigenvalue weighted by Crippen LogP contribution is 2.43. The first-order chi connectivity index (χ1) is 13.5. The Morgan fingerprint density at radius 2 is 1.75 bits per heavy atom. The number of carbonyl (C=O) groups is 2. The molecular weight excluding hydrogens is 421 g/mol. The molecule has 2 aliphatic rings. The van der Waals surface area contributed by atoms with Gasteiger partial charge in [-0.3, -0.25) is 9.59 Å². The maximum Gasteiger partial charge on any atom is 0.225 e. The molecule has 1 amide bonds. The number of nitrogens with one attached hydrogen (secondary N) is 1. The highest BCUT2D eigenvalue weighted by atomic mass is 79.9. The van der Waals surface area contributed by atoms with Crippen LogP contribution < -0.4 is 5.32 Å². The van der Waals surface area contributed by atoms with Gasteiger partial charge in [-0.05, 0) is 63.5 Å². The van der Waals surface area contributed by atoms with Gasteiger partial charge in [0, 0.05) is 30.0 Å². The van der Waals surface area contributed by atoms with Crippen molar-refractivity contribution in [1.82, 2.24) is 5.32 Å². The van der Waals surface area contributed by atoms with Crippen molar-refractivity contribution >= 4 is 27.6 Å². The third-order valence-corrected chi connectivity index (χ3v) is 6.35. The lowest BCUT2D eigenvalue weighted by Gasteiger charge is -2.34. The molecular formula is C23H21BrFNO2. The molecule has 1 heterocycles. The average Bonchev–Trinajstić information content (AvgIpc) is 2.69. The predicted octanol–water partition coefficient (Wildman–Crippen LogP) is 5.15. The second-order valence-corrected chi connectivity index (χ2v) is 8.35. The van der Waals surface area contributed by atoms with E-state index in [2.05, 4.69) is 52.4 Å². The van der Waals surface area contributed by atoms with Gasteiger partial charge in [0.25, 0.3) is 0 Å². The smallest absolute Gasteiger partial charge is 0.225 e. The normalized spacial score (nSPS) is 22.1. The van der Waals surface area contributed by atoms with E-state index in [1.54, 1.807) is 12.1 Å². The Morgan fingerprint density at radius 1 is 1.04 bits per heavy atom. The molecule has 0 bridgehead atoms. The summed E-state index contributed by atoms with van der Waals surface area (Å²) in [5.74, 6) is -0.647. The van der Waals surface area contributed by atoms with Crippen LogP contribution in [0.1, 0.15) is 54.7 Å². The van der Waals surface area contributed by atoms with Gasteiger partial charge in [-0.25, -0.2) is 4.39 Å². The van der Waals surface area contributed by atoms with Crippen molar-refractivity contribution in [3.63, 3.8) is 0 Å². The van der Waals surface area contributed by atoms with E-state index < -0.39 is 0 Å². The molecule has 1 aliphatic heterocycles. The van der Waals surface area contributed by atoms with Crippen molar-refractivity contribution in [2.75, 3.05) is 0 Å². The summed E-state index contributed by atoms with van der Waals surface area (Å²) in [5, 5.41) is 2.93. The second kappa shape index (κ2) is 7.63. The minimum absolute atomic E-state index is 0.0659. The van der Waals surface area contributed by atoms with Crippen LogP contribution in [0.15, 0.2) is 58.2 Å². The molecule has 5 heteroatoms. The van der Waals surface area contributed by atoms with Crippen LogP contribution in [-0.4, -0.2) is 11.7 Å². The molecule has 2 aromatic carbocycles. The topological polar surface area (TPSA) is 46.2 Å². The summed E-state index contributed by atoms with van der Waals surface area (Å²) >= 11 is 3.21. The monoisotopic (exact) mass is 441 g/mol. The number of aryl methyl sites for hydroxylation is 1. The van der Waals surface area contributed by atoms with E-state index in [4.69, 9.17) is 0 Å². The van der Waals surface area contributed by atoms with Gasteiger partial charge in [0.1, 0.15) is 5.82 Å². The van der Waals surface area contributed by atoms with Crippen molar-refractivity contribution in [2.45, 2.75) is 44.4 Å². The van der Waals surface area contributed by atoms with Gasteiger partial charge < -0.3 is 5.32 Å². The zero-order valence-corrected chi connectivity index (χ0v) is 17.2. The molecule has 0 spiro atoms. The third-order valence-electron chi connectivity index (χ3n) is 5.74. The number of carbonyl (C=O) groups excluding carboxylic acids is 2. The van der Waals surface area contributed by atoms with Crippen LogP contribution in [-0.2, 0) is 16.0 Å². The van der Waals surface area contributed by atoms with Gasteiger partial charge in [0.15, 0.2) is 5.78 Å². The van der Waals surface area contributed by atoms with E-state index >= 15 is 0 Å². The van der Waals surface area contributed by atoms with E-state index in [1.165, 1.54) is 11.6 Å². The van der Waals surface area contributed by atoms with Gasteiger partial charge in [0.05, 0.1) is 4.47 Å². The van der Waals surface area contributed by atoms with Crippen molar-refractivity contribution < 1.29 is 14.0 Å². The fourth-order valence-corrected chi connectivity index (χ4v) is 4.63. The van der Waals surface area contributed by atoms with Crippen molar-refractivity contribution in [3.05, 3.63) is 80.7 Å². The molecule has 0 fully saturated rings. The van der Waals surface area contributed by atoms with Crippen LogP contribution in [0.25, 0.3) is 0 Å². The first-order valence-electron chi connectivity index (χ1n) is 9.56. The Hall–Kier alpha value is -2.27. The summed E-state index contributed by atoms with van der Waals surface area (Å²) in [6, 6.07) is 13.1. The molecule has 4 rings (SSSR count). The Kier molecular flexibility index (Phi) is 5.19. The van der Waals surface area contributed by atoms with Crippen LogP contribution in [0.5, 0.6) is 0 Å². The van der Waals surface area contributed by atoms with E-state index in [9.17, 15) is 14.0 Å². The summed E-state index contributed by atoms with van der Waals surface area (Å²) < 4.78 is 14.0. The molecule has 0 saturated heterocycles.